The maximum atomic E-state index is 5.48. The summed E-state index contributed by atoms with van der Waals surface area (Å²) in [6.07, 6.45) is 4.70. The highest BCUT2D eigenvalue weighted by molar-refractivity contribution is 5.85. The monoisotopic (exact) mass is 161 g/mol. The number of hydrogen-bond acceptors (Lipinski definition) is 2. The van der Waals surface area contributed by atoms with Gasteiger partial charge in [-0.05, 0) is 6.42 Å². The Bertz CT molecular complexity index is 185. The van der Waals surface area contributed by atoms with Gasteiger partial charge in [0.05, 0.1) is 0 Å². The van der Waals surface area contributed by atoms with Crippen LogP contribution in [0.1, 0.15) is 13.3 Å². The van der Waals surface area contributed by atoms with E-state index >= 15 is 0 Å². The van der Waals surface area contributed by atoms with Gasteiger partial charge in [0.25, 0.3) is 0 Å². The van der Waals surface area contributed by atoms with Crippen LogP contribution in [0, 0.1) is 0 Å². The second-order valence-electron chi connectivity index (χ2n) is 1.98. The summed E-state index contributed by atoms with van der Waals surface area (Å²) >= 11 is 0. The molecule has 0 unspecified atom stereocenters. The van der Waals surface area contributed by atoms with Gasteiger partial charge in [-0.15, -0.1) is 12.4 Å². The number of nitrogens with two attached hydrogens (primary N) is 1. The molecule has 4 heteroatoms. The van der Waals surface area contributed by atoms with E-state index in [9.17, 15) is 0 Å². The van der Waals surface area contributed by atoms with Gasteiger partial charge < -0.3 is 10.3 Å². The average Bonchev–Trinajstić information content (AvgIpc) is 2.18. The van der Waals surface area contributed by atoms with Gasteiger partial charge in [-0.25, -0.2) is 4.98 Å². The number of halogens is 1. The predicted molar refractivity (Wildman–Crippen MR) is 44.2 cm³/mol. The molecule has 0 saturated heterocycles. The van der Waals surface area contributed by atoms with Crippen LogP contribution in [0.5, 0.6) is 0 Å². The zero-order valence-corrected chi connectivity index (χ0v) is 6.77. The topological polar surface area (TPSA) is 43.8 Å². The Morgan fingerprint density at radius 2 is 2.40 bits per heavy atom. The van der Waals surface area contributed by atoms with E-state index in [-0.39, 0.29) is 12.4 Å². The van der Waals surface area contributed by atoms with Crippen molar-refractivity contribution in [1.29, 1.82) is 0 Å². The molecule has 0 amide bonds. The number of hydrogen-bond donors (Lipinski definition) is 1. The zero-order chi connectivity index (χ0) is 6.69. The molecular weight excluding hydrogens is 150 g/mol. The zero-order valence-electron chi connectivity index (χ0n) is 5.95. The number of nitrogens with zero attached hydrogens (tertiary/aromatic N) is 2. The fraction of sp³-hybridized carbons (Fsp3) is 0.500. The fourth-order valence-corrected chi connectivity index (χ4v) is 0.771. The molecule has 0 fully saturated rings. The van der Waals surface area contributed by atoms with E-state index in [0.29, 0.717) is 5.95 Å². The lowest BCUT2D eigenvalue weighted by molar-refractivity contribution is 0.688. The van der Waals surface area contributed by atoms with E-state index in [1.54, 1.807) is 6.20 Å². The van der Waals surface area contributed by atoms with Gasteiger partial charge in [0.1, 0.15) is 0 Å². The van der Waals surface area contributed by atoms with Gasteiger partial charge in [-0.2, -0.15) is 0 Å². The molecule has 0 aliphatic carbocycles. The third-order valence-corrected chi connectivity index (χ3v) is 1.21. The first kappa shape index (κ1) is 9.30. The van der Waals surface area contributed by atoms with Crippen molar-refractivity contribution in [3.8, 4) is 0 Å². The molecule has 0 aliphatic rings. The van der Waals surface area contributed by atoms with Crippen molar-refractivity contribution in [1.82, 2.24) is 9.55 Å². The van der Waals surface area contributed by atoms with Crippen molar-refractivity contribution < 1.29 is 0 Å². The highest BCUT2D eigenvalue weighted by Crippen LogP contribution is 1.98. The minimum atomic E-state index is 0. The van der Waals surface area contributed by atoms with E-state index in [1.165, 1.54) is 0 Å². The molecule has 0 radical (unpaired) electrons. The van der Waals surface area contributed by atoms with Gasteiger partial charge >= 0.3 is 0 Å². The molecule has 0 aromatic carbocycles. The molecule has 0 bridgehead atoms. The van der Waals surface area contributed by atoms with E-state index in [0.717, 1.165) is 13.0 Å². The van der Waals surface area contributed by atoms with Crippen LogP contribution in [0.15, 0.2) is 12.4 Å². The molecule has 0 atom stereocenters. The number of rotatable bonds is 2. The van der Waals surface area contributed by atoms with Crippen molar-refractivity contribution in [2.75, 3.05) is 5.73 Å². The maximum Gasteiger partial charge on any atom is 0.200 e. The summed E-state index contributed by atoms with van der Waals surface area (Å²) in [5, 5.41) is 0. The first-order valence-corrected chi connectivity index (χ1v) is 3.11. The van der Waals surface area contributed by atoms with Gasteiger partial charge in [0, 0.05) is 18.9 Å². The van der Waals surface area contributed by atoms with Gasteiger partial charge in [-0.1, -0.05) is 6.92 Å². The SMILES string of the molecule is CCCn1ccnc1N.Cl. The molecule has 1 heterocycles. The van der Waals surface area contributed by atoms with Crippen molar-refractivity contribution in [2.24, 2.45) is 0 Å². The summed E-state index contributed by atoms with van der Waals surface area (Å²) in [4.78, 5) is 3.88. The first-order chi connectivity index (χ1) is 4.34. The van der Waals surface area contributed by atoms with Gasteiger partial charge in [-0.3, -0.25) is 0 Å². The van der Waals surface area contributed by atoms with E-state index in [2.05, 4.69) is 11.9 Å². The molecule has 2 N–H and O–H groups in total. The number of nitrogen functional groups attached to an aromatic ring is 1. The quantitative estimate of drug-likeness (QED) is 0.711. The summed E-state index contributed by atoms with van der Waals surface area (Å²) in [5.74, 6) is 0.608. The maximum absolute atomic E-state index is 5.48. The molecule has 0 saturated carbocycles. The van der Waals surface area contributed by atoms with Crippen molar-refractivity contribution in [3.05, 3.63) is 12.4 Å². The van der Waals surface area contributed by atoms with Gasteiger partial charge in [0.2, 0.25) is 0 Å². The smallest absolute Gasteiger partial charge is 0.200 e. The third kappa shape index (κ3) is 1.92. The molecule has 1 aromatic rings. The number of aryl methyl sites for hydroxylation is 1. The molecule has 0 aliphatic heterocycles. The molecule has 58 valence electrons. The van der Waals surface area contributed by atoms with Crippen LogP contribution >= 0.6 is 12.4 Å². The molecule has 0 spiro atoms. The van der Waals surface area contributed by atoms with Crippen LogP contribution in [0.4, 0.5) is 5.95 Å². The highest BCUT2D eigenvalue weighted by Gasteiger charge is 1.92. The molecule has 1 aromatic heterocycles. The Morgan fingerprint density at radius 3 is 2.80 bits per heavy atom. The lowest BCUT2D eigenvalue weighted by Gasteiger charge is -1.98. The summed E-state index contributed by atoms with van der Waals surface area (Å²) in [6.45, 7) is 3.07. The summed E-state index contributed by atoms with van der Waals surface area (Å²) in [6, 6.07) is 0. The van der Waals surface area contributed by atoms with Crippen LogP contribution < -0.4 is 5.73 Å². The summed E-state index contributed by atoms with van der Waals surface area (Å²) in [5.41, 5.74) is 5.48. The Balaban J connectivity index is 0.000000810. The standard InChI is InChI=1S/C6H11N3.ClH/c1-2-4-9-5-3-8-6(9)7;/h3,5H,2,4H2,1H3,(H2,7,8);1H. The molecule has 3 nitrogen and oxygen atoms in total. The number of anilines is 1. The van der Waals surface area contributed by atoms with Crippen LogP contribution in [-0.4, -0.2) is 9.55 Å². The first-order valence-electron chi connectivity index (χ1n) is 3.11. The van der Waals surface area contributed by atoms with E-state index in [1.807, 2.05) is 10.8 Å². The number of imidazole rings is 1. The van der Waals surface area contributed by atoms with Crippen LogP contribution in [0.2, 0.25) is 0 Å². The molecule has 10 heavy (non-hydrogen) atoms. The molecular formula is C6H12ClN3. The second kappa shape index (κ2) is 4.17. The predicted octanol–water partition coefficient (Wildman–Crippen LogP) is 1.30. The van der Waals surface area contributed by atoms with Gasteiger partial charge in [0.15, 0.2) is 5.95 Å². The van der Waals surface area contributed by atoms with Crippen LogP contribution in [-0.2, 0) is 6.54 Å². The lowest BCUT2D eigenvalue weighted by Crippen LogP contribution is -2.00. The third-order valence-electron chi connectivity index (χ3n) is 1.21. The Labute approximate surface area is 66.7 Å². The van der Waals surface area contributed by atoms with E-state index in [4.69, 9.17) is 5.73 Å². The Morgan fingerprint density at radius 1 is 1.70 bits per heavy atom. The van der Waals surface area contributed by atoms with E-state index < -0.39 is 0 Å². The van der Waals surface area contributed by atoms with Crippen molar-refractivity contribution >= 4 is 18.4 Å². The van der Waals surface area contributed by atoms with Crippen molar-refractivity contribution in [3.63, 3.8) is 0 Å². The number of aromatic nitrogens is 2. The molecule has 1 rings (SSSR count). The lowest BCUT2D eigenvalue weighted by atomic mass is 10.5. The second-order valence-corrected chi connectivity index (χ2v) is 1.98. The highest BCUT2D eigenvalue weighted by atomic mass is 35.5. The van der Waals surface area contributed by atoms with Crippen LogP contribution in [0.3, 0.4) is 0 Å². The Hall–Kier alpha value is -0.700. The average molecular weight is 162 g/mol. The minimum absolute atomic E-state index is 0. The fourth-order valence-electron chi connectivity index (χ4n) is 0.771. The minimum Gasteiger partial charge on any atom is -0.369 e. The summed E-state index contributed by atoms with van der Waals surface area (Å²) in [7, 11) is 0. The van der Waals surface area contributed by atoms with Crippen molar-refractivity contribution in [2.45, 2.75) is 19.9 Å². The summed E-state index contributed by atoms with van der Waals surface area (Å²) < 4.78 is 1.93. The largest absolute Gasteiger partial charge is 0.369 e. The van der Waals surface area contributed by atoms with Crippen LogP contribution in [0.25, 0.3) is 0 Å². The normalized spacial score (nSPS) is 8.90. The Kier molecular flexibility index (Phi) is 3.88.